The van der Waals surface area contributed by atoms with Crippen molar-refractivity contribution < 1.29 is 9.53 Å². The zero-order valence-electron chi connectivity index (χ0n) is 13.5. The van der Waals surface area contributed by atoms with Crippen LogP contribution in [0.4, 0.5) is 5.69 Å². The lowest BCUT2D eigenvalue weighted by atomic mass is 10.2. The normalized spacial score (nSPS) is 18.1. The molecule has 1 atom stereocenters. The Morgan fingerprint density at radius 3 is 3.04 bits per heavy atom. The Kier molecular flexibility index (Phi) is 4.98. The lowest BCUT2D eigenvalue weighted by molar-refractivity contribution is -0.117. The van der Waals surface area contributed by atoms with Crippen molar-refractivity contribution in [1.82, 2.24) is 4.90 Å². The van der Waals surface area contributed by atoms with Gasteiger partial charge in [-0.05, 0) is 55.5 Å². The quantitative estimate of drug-likeness (QED) is 0.905. The number of carbonyl (C=O) groups is 1. The first-order chi connectivity index (χ1) is 11.2. The standard InChI is InChI=1S/C18H22N2O2S/c1-13-7-8-16(22-2)14(11-13)19-18(21)12-20-9-3-5-15(20)17-6-4-10-23-17/h4,6-8,10-11,15H,3,5,9,12H2,1-2H3,(H,19,21). The summed E-state index contributed by atoms with van der Waals surface area (Å²) in [6.45, 7) is 3.39. The van der Waals surface area contributed by atoms with E-state index in [1.165, 1.54) is 4.88 Å². The lowest BCUT2D eigenvalue weighted by Gasteiger charge is -2.23. The van der Waals surface area contributed by atoms with Crippen LogP contribution in [0, 0.1) is 6.92 Å². The van der Waals surface area contributed by atoms with E-state index in [1.54, 1.807) is 18.4 Å². The fourth-order valence-corrected chi connectivity index (χ4v) is 4.01. The Bertz CT molecular complexity index is 670. The summed E-state index contributed by atoms with van der Waals surface area (Å²) in [5, 5.41) is 5.09. The smallest absolute Gasteiger partial charge is 0.238 e. The number of likely N-dealkylation sites (tertiary alicyclic amines) is 1. The minimum absolute atomic E-state index is 0.0114. The van der Waals surface area contributed by atoms with Crippen LogP contribution in [0.1, 0.15) is 29.3 Å². The molecular weight excluding hydrogens is 308 g/mol. The number of nitrogens with zero attached hydrogens (tertiary/aromatic N) is 1. The fourth-order valence-electron chi connectivity index (χ4n) is 3.11. The molecule has 5 heteroatoms. The van der Waals surface area contributed by atoms with Crippen LogP contribution in [0.5, 0.6) is 5.75 Å². The van der Waals surface area contributed by atoms with Crippen LogP contribution < -0.4 is 10.1 Å². The summed E-state index contributed by atoms with van der Waals surface area (Å²) >= 11 is 1.77. The third kappa shape index (κ3) is 3.74. The Labute approximate surface area is 141 Å². The van der Waals surface area contributed by atoms with Gasteiger partial charge in [-0.3, -0.25) is 9.69 Å². The summed E-state index contributed by atoms with van der Waals surface area (Å²) in [5.41, 5.74) is 1.84. The molecule has 1 amide bonds. The first kappa shape index (κ1) is 16.0. The molecule has 0 aliphatic carbocycles. The zero-order chi connectivity index (χ0) is 16.2. The van der Waals surface area contributed by atoms with E-state index in [0.29, 0.717) is 18.3 Å². The molecule has 3 rings (SSSR count). The van der Waals surface area contributed by atoms with Gasteiger partial charge in [0.1, 0.15) is 5.75 Å². The number of thiophene rings is 1. The summed E-state index contributed by atoms with van der Waals surface area (Å²) in [5.74, 6) is 0.706. The average molecular weight is 330 g/mol. The second-order valence-corrected chi connectivity index (χ2v) is 6.88. The number of carbonyl (C=O) groups excluding carboxylic acids is 1. The van der Waals surface area contributed by atoms with Gasteiger partial charge in [-0.25, -0.2) is 0 Å². The Balaban J connectivity index is 1.66. The third-order valence-corrected chi connectivity index (χ3v) is 5.18. The van der Waals surface area contributed by atoms with Gasteiger partial charge in [-0.2, -0.15) is 0 Å². The van der Waals surface area contributed by atoms with Gasteiger partial charge in [-0.15, -0.1) is 11.3 Å². The van der Waals surface area contributed by atoms with Crippen LogP contribution in [0.2, 0.25) is 0 Å². The maximum absolute atomic E-state index is 12.5. The minimum atomic E-state index is 0.0114. The molecular formula is C18H22N2O2S. The molecule has 1 saturated heterocycles. The van der Waals surface area contributed by atoms with Crippen molar-refractivity contribution in [1.29, 1.82) is 0 Å². The summed E-state index contributed by atoms with van der Waals surface area (Å²) in [4.78, 5) is 16.1. The maximum Gasteiger partial charge on any atom is 0.238 e. The number of benzene rings is 1. The molecule has 1 unspecified atom stereocenters. The van der Waals surface area contributed by atoms with E-state index in [2.05, 4.69) is 27.7 Å². The molecule has 0 saturated carbocycles. The predicted octanol–water partition coefficient (Wildman–Crippen LogP) is 3.84. The third-order valence-electron chi connectivity index (χ3n) is 4.21. The Morgan fingerprint density at radius 2 is 2.30 bits per heavy atom. The second-order valence-electron chi connectivity index (χ2n) is 5.90. The molecule has 1 aromatic heterocycles. The van der Waals surface area contributed by atoms with Crippen LogP contribution in [0.25, 0.3) is 0 Å². The van der Waals surface area contributed by atoms with Crippen molar-refractivity contribution in [2.75, 3.05) is 25.5 Å². The molecule has 0 bridgehead atoms. The maximum atomic E-state index is 12.5. The van der Waals surface area contributed by atoms with Gasteiger partial charge in [-0.1, -0.05) is 12.1 Å². The monoisotopic (exact) mass is 330 g/mol. The van der Waals surface area contributed by atoms with Crippen LogP contribution in [-0.2, 0) is 4.79 Å². The van der Waals surface area contributed by atoms with E-state index in [1.807, 2.05) is 25.1 Å². The van der Waals surface area contributed by atoms with Gasteiger partial charge >= 0.3 is 0 Å². The molecule has 2 aromatic rings. The highest BCUT2D eigenvalue weighted by Crippen LogP contribution is 2.34. The largest absolute Gasteiger partial charge is 0.495 e. The molecule has 23 heavy (non-hydrogen) atoms. The molecule has 1 aromatic carbocycles. The Hall–Kier alpha value is -1.85. The van der Waals surface area contributed by atoms with Crippen molar-refractivity contribution in [3.05, 3.63) is 46.2 Å². The molecule has 2 heterocycles. The lowest BCUT2D eigenvalue weighted by Crippen LogP contribution is -2.32. The highest BCUT2D eigenvalue weighted by atomic mass is 32.1. The first-order valence-electron chi connectivity index (χ1n) is 7.89. The SMILES string of the molecule is COc1ccc(C)cc1NC(=O)CN1CCCC1c1cccs1. The molecule has 1 aliphatic rings. The summed E-state index contributed by atoms with van der Waals surface area (Å²) in [6.07, 6.45) is 2.27. The van der Waals surface area contributed by atoms with Crippen molar-refractivity contribution in [3.63, 3.8) is 0 Å². The van der Waals surface area contributed by atoms with Crippen LogP contribution in [0.15, 0.2) is 35.7 Å². The minimum Gasteiger partial charge on any atom is -0.495 e. The summed E-state index contributed by atoms with van der Waals surface area (Å²) in [7, 11) is 1.62. The number of nitrogens with one attached hydrogen (secondary N) is 1. The van der Waals surface area contributed by atoms with Crippen molar-refractivity contribution in [2.24, 2.45) is 0 Å². The second kappa shape index (κ2) is 7.15. The number of ether oxygens (including phenoxy) is 1. The van der Waals surface area contributed by atoms with Gasteiger partial charge in [0, 0.05) is 10.9 Å². The van der Waals surface area contributed by atoms with Gasteiger partial charge in [0.2, 0.25) is 5.91 Å². The number of hydrogen-bond donors (Lipinski definition) is 1. The van der Waals surface area contributed by atoms with E-state index < -0.39 is 0 Å². The van der Waals surface area contributed by atoms with E-state index in [-0.39, 0.29) is 5.91 Å². The Morgan fingerprint density at radius 1 is 1.43 bits per heavy atom. The van der Waals surface area contributed by atoms with E-state index in [9.17, 15) is 4.79 Å². The van der Waals surface area contributed by atoms with E-state index in [0.717, 1.165) is 30.6 Å². The van der Waals surface area contributed by atoms with Gasteiger partial charge in [0.15, 0.2) is 0 Å². The van der Waals surface area contributed by atoms with Gasteiger partial charge < -0.3 is 10.1 Å². The molecule has 0 spiro atoms. The molecule has 1 N–H and O–H groups in total. The molecule has 1 aliphatic heterocycles. The van der Waals surface area contributed by atoms with Crippen LogP contribution in [-0.4, -0.2) is 31.0 Å². The summed E-state index contributed by atoms with van der Waals surface area (Å²) in [6, 6.07) is 10.4. The number of hydrogen-bond acceptors (Lipinski definition) is 4. The molecule has 1 fully saturated rings. The van der Waals surface area contributed by atoms with Gasteiger partial charge in [0.25, 0.3) is 0 Å². The number of methoxy groups -OCH3 is 1. The average Bonchev–Trinajstić information content (AvgIpc) is 3.18. The highest BCUT2D eigenvalue weighted by molar-refractivity contribution is 7.10. The van der Waals surface area contributed by atoms with Crippen molar-refractivity contribution in [2.45, 2.75) is 25.8 Å². The molecule has 4 nitrogen and oxygen atoms in total. The fraction of sp³-hybridized carbons (Fsp3) is 0.389. The predicted molar refractivity (Wildman–Crippen MR) is 94.2 cm³/mol. The van der Waals surface area contributed by atoms with E-state index >= 15 is 0 Å². The molecule has 122 valence electrons. The number of rotatable bonds is 5. The number of amides is 1. The van der Waals surface area contributed by atoms with Crippen LogP contribution >= 0.6 is 11.3 Å². The molecule has 0 radical (unpaired) electrons. The van der Waals surface area contributed by atoms with Crippen molar-refractivity contribution in [3.8, 4) is 5.75 Å². The van der Waals surface area contributed by atoms with Gasteiger partial charge in [0.05, 0.1) is 19.3 Å². The highest BCUT2D eigenvalue weighted by Gasteiger charge is 2.28. The first-order valence-corrected chi connectivity index (χ1v) is 8.77. The van der Waals surface area contributed by atoms with Crippen LogP contribution in [0.3, 0.4) is 0 Å². The summed E-state index contributed by atoms with van der Waals surface area (Å²) < 4.78 is 5.32. The number of anilines is 1. The zero-order valence-corrected chi connectivity index (χ0v) is 14.4. The van der Waals surface area contributed by atoms with E-state index in [4.69, 9.17) is 4.74 Å². The topological polar surface area (TPSA) is 41.6 Å². The number of aryl methyl sites for hydroxylation is 1. The van der Waals surface area contributed by atoms with Crippen molar-refractivity contribution >= 4 is 22.9 Å².